The van der Waals surface area contributed by atoms with E-state index in [-0.39, 0.29) is 0 Å². The SMILES string of the molecule is CCCC1=Nc2cc(C)cnc2N2CN(OC)C=C12. The summed E-state index contributed by atoms with van der Waals surface area (Å²) in [5.74, 6) is 0.913. The van der Waals surface area contributed by atoms with Crippen molar-refractivity contribution in [2.75, 3.05) is 18.7 Å². The van der Waals surface area contributed by atoms with Crippen molar-refractivity contribution in [3.63, 3.8) is 0 Å². The molecule has 3 rings (SSSR count). The molecular weight excluding hydrogens is 240 g/mol. The minimum atomic E-state index is 0.664. The van der Waals surface area contributed by atoms with E-state index in [0.29, 0.717) is 6.67 Å². The van der Waals surface area contributed by atoms with E-state index in [9.17, 15) is 0 Å². The van der Waals surface area contributed by atoms with Crippen LogP contribution in [0, 0.1) is 6.92 Å². The largest absolute Gasteiger partial charge is 0.301 e. The number of pyridine rings is 1. The number of aryl methyl sites for hydroxylation is 1. The van der Waals surface area contributed by atoms with Crippen molar-refractivity contribution in [3.05, 3.63) is 29.7 Å². The fourth-order valence-corrected chi connectivity index (χ4v) is 2.44. The Balaban J connectivity index is 2.08. The van der Waals surface area contributed by atoms with Crippen LogP contribution < -0.4 is 4.90 Å². The summed E-state index contributed by atoms with van der Waals surface area (Å²) in [7, 11) is 1.68. The van der Waals surface area contributed by atoms with Gasteiger partial charge in [-0.1, -0.05) is 13.3 Å². The summed E-state index contributed by atoms with van der Waals surface area (Å²) < 4.78 is 0. The Labute approximate surface area is 113 Å². The van der Waals surface area contributed by atoms with Crippen LogP contribution in [0.2, 0.25) is 0 Å². The molecule has 0 fully saturated rings. The number of anilines is 1. The van der Waals surface area contributed by atoms with Crippen LogP contribution in [0.4, 0.5) is 11.5 Å². The van der Waals surface area contributed by atoms with Crippen LogP contribution >= 0.6 is 0 Å². The van der Waals surface area contributed by atoms with Gasteiger partial charge in [-0.2, -0.15) is 0 Å². The molecule has 0 aromatic carbocycles. The first-order valence-corrected chi connectivity index (χ1v) is 6.57. The molecule has 0 aliphatic carbocycles. The number of allylic oxidation sites excluding steroid dienone is 1. The molecule has 0 N–H and O–H groups in total. The number of hydrogen-bond acceptors (Lipinski definition) is 5. The van der Waals surface area contributed by atoms with Gasteiger partial charge in [0.25, 0.3) is 0 Å². The van der Waals surface area contributed by atoms with Crippen molar-refractivity contribution in [2.45, 2.75) is 26.7 Å². The van der Waals surface area contributed by atoms with Crippen molar-refractivity contribution in [3.8, 4) is 0 Å². The predicted octanol–water partition coefficient (Wildman–Crippen LogP) is 2.76. The highest BCUT2D eigenvalue weighted by molar-refractivity contribution is 6.07. The summed E-state index contributed by atoms with van der Waals surface area (Å²) in [4.78, 5) is 16.8. The minimum Gasteiger partial charge on any atom is -0.301 e. The Morgan fingerprint density at radius 2 is 2.26 bits per heavy atom. The van der Waals surface area contributed by atoms with E-state index < -0.39 is 0 Å². The molecule has 5 nitrogen and oxygen atoms in total. The molecule has 2 aliphatic heterocycles. The van der Waals surface area contributed by atoms with Crippen molar-refractivity contribution < 1.29 is 4.84 Å². The van der Waals surface area contributed by atoms with Crippen molar-refractivity contribution in [2.24, 2.45) is 4.99 Å². The second-order valence-electron chi connectivity index (χ2n) is 4.85. The van der Waals surface area contributed by atoms with Gasteiger partial charge in [0.1, 0.15) is 12.4 Å². The highest BCUT2D eigenvalue weighted by atomic mass is 16.7. The van der Waals surface area contributed by atoms with E-state index in [4.69, 9.17) is 9.83 Å². The first-order valence-electron chi connectivity index (χ1n) is 6.57. The minimum absolute atomic E-state index is 0.664. The van der Waals surface area contributed by atoms with Gasteiger partial charge in [0.15, 0.2) is 5.82 Å². The van der Waals surface area contributed by atoms with Gasteiger partial charge in [-0.3, -0.25) is 4.84 Å². The molecule has 0 bridgehead atoms. The Hall–Kier alpha value is -1.88. The third-order valence-electron chi connectivity index (χ3n) is 3.35. The van der Waals surface area contributed by atoms with Crippen LogP contribution in [-0.4, -0.2) is 29.5 Å². The van der Waals surface area contributed by atoms with E-state index in [2.05, 4.69) is 22.9 Å². The summed E-state index contributed by atoms with van der Waals surface area (Å²) in [5.41, 5.74) is 4.31. The van der Waals surface area contributed by atoms with Crippen molar-refractivity contribution in [1.29, 1.82) is 0 Å². The van der Waals surface area contributed by atoms with Crippen LogP contribution in [-0.2, 0) is 4.84 Å². The fourth-order valence-electron chi connectivity index (χ4n) is 2.44. The van der Waals surface area contributed by atoms with E-state index in [1.165, 1.54) is 0 Å². The summed E-state index contributed by atoms with van der Waals surface area (Å²) in [6.07, 6.45) is 5.92. The number of fused-ring (bicyclic) bond motifs is 3. The van der Waals surface area contributed by atoms with Crippen LogP contribution in [0.1, 0.15) is 25.3 Å². The lowest BCUT2D eigenvalue weighted by molar-refractivity contribution is -0.0790. The van der Waals surface area contributed by atoms with Gasteiger partial charge in [-0.25, -0.2) is 15.0 Å². The maximum absolute atomic E-state index is 5.30. The molecule has 1 aromatic rings. The Kier molecular flexibility index (Phi) is 2.98. The lowest BCUT2D eigenvalue weighted by atomic mass is 10.1. The third kappa shape index (κ3) is 2.00. The zero-order chi connectivity index (χ0) is 13.4. The maximum atomic E-state index is 5.30. The molecule has 5 heteroatoms. The highest BCUT2D eigenvalue weighted by Crippen LogP contribution is 2.38. The van der Waals surface area contributed by atoms with Gasteiger partial charge in [-0.05, 0) is 25.0 Å². The average Bonchev–Trinajstić information content (AvgIpc) is 2.83. The molecule has 0 saturated carbocycles. The van der Waals surface area contributed by atoms with Crippen molar-refractivity contribution >= 4 is 17.2 Å². The molecule has 0 atom stereocenters. The zero-order valence-electron chi connectivity index (χ0n) is 11.6. The smallest absolute Gasteiger partial charge is 0.160 e. The summed E-state index contributed by atoms with van der Waals surface area (Å²) >= 11 is 0. The lowest BCUT2D eigenvalue weighted by Gasteiger charge is -2.27. The molecule has 19 heavy (non-hydrogen) atoms. The van der Waals surface area contributed by atoms with Gasteiger partial charge in [0, 0.05) is 6.20 Å². The number of hydrogen-bond donors (Lipinski definition) is 0. The number of hydroxylamine groups is 2. The maximum Gasteiger partial charge on any atom is 0.160 e. The van der Waals surface area contributed by atoms with E-state index in [1.807, 2.05) is 19.3 Å². The van der Waals surface area contributed by atoms with Gasteiger partial charge < -0.3 is 4.90 Å². The van der Waals surface area contributed by atoms with Gasteiger partial charge >= 0.3 is 0 Å². The normalized spacial score (nSPS) is 17.0. The molecule has 0 amide bonds. The third-order valence-corrected chi connectivity index (χ3v) is 3.35. The second kappa shape index (κ2) is 4.66. The monoisotopic (exact) mass is 258 g/mol. The topological polar surface area (TPSA) is 41.0 Å². The molecule has 100 valence electrons. The summed E-state index contributed by atoms with van der Waals surface area (Å²) in [6, 6.07) is 2.09. The Morgan fingerprint density at radius 3 is 3.00 bits per heavy atom. The average molecular weight is 258 g/mol. The molecule has 2 aliphatic rings. The fraction of sp³-hybridized carbons (Fsp3) is 0.429. The molecular formula is C14H18N4O. The molecule has 0 spiro atoms. The zero-order valence-corrected chi connectivity index (χ0v) is 11.6. The summed E-state index contributed by atoms with van der Waals surface area (Å²) in [5, 5.41) is 1.80. The van der Waals surface area contributed by atoms with Crippen LogP contribution in [0.25, 0.3) is 0 Å². The lowest BCUT2D eigenvalue weighted by Crippen LogP contribution is -2.31. The van der Waals surface area contributed by atoms with Gasteiger partial charge in [0.2, 0.25) is 0 Å². The van der Waals surface area contributed by atoms with Crippen molar-refractivity contribution in [1.82, 2.24) is 10.0 Å². The van der Waals surface area contributed by atoms with E-state index in [1.54, 1.807) is 12.2 Å². The molecule has 0 radical (unpaired) electrons. The highest BCUT2D eigenvalue weighted by Gasteiger charge is 2.31. The quantitative estimate of drug-likeness (QED) is 0.836. The second-order valence-corrected chi connectivity index (χ2v) is 4.85. The number of aliphatic imine (C=N–C) groups is 1. The van der Waals surface area contributed by atoms with Gasteiger partial charge in [0.05, 0.1) is 24.7 Å². The van der Waals surface area contributed by atoms with Gasteiger partial charge in [-0.15, -0.1) is 0 Å². The Bertz CT molecular complexity index is 565. The predicted molar refractivity (Wildman–Crippen MR) is 75.3 cm³/mol. The van der Waals surface area contributed by atoms with Crippen LogP contribution in [0.15, 0.2) is 29.2 Å². The molecule has 0 saturated heterocycles. The van der Waals surface area contributed by atoms with Crippen LogP contribution in [0.3, 0.4) is 0 Å². The number of nitrogens with zero attached hydrogens (tertiary/aromatic N) is 4. The number of rotatable bonds is 3. The molecule has 1 aromatic heterocycles. The molecule has 0 unspecified atom stereocenters. The first-order chi connectivity index (χ1) is 9.22. The Morgan fingerprint density at radius 1 is 1.42 bits per heavy atom. The number of aromatic nitrogens is 1. The van der Waals surface area contributed by atoms with Crippen LogP contribution in [0.5, 0.6) is 0 Å². The summed E-state index contributed by atoms with van der Waals surface area (Å²) in [6.45, 7) is 4.87. The van der Waals surface area contributed by atoms with E-state index >= 15 is 0 Å². The standard InChI is InChI=1S/C14H18N4O/c1-4-5-11-13-8-17(19-3)9-18(13)14-12(16-11)6-10(2)7-15-14/h6-8H,4-5,9H2,1-3H3. The van der Waals surface area contributed by atoms with E-state index in [0.717, 1.165) is 41.3 Å². The molecule has 3 heterocycles. The first kappa shape index (κ1) is 12.2.